The average molecular weight is 318 g/mol. The number of benzene rings is 1. The summed E-state index contributed by atoms with van der Waals surface area (Å²) in [7, 11) is 0. The van der Waals surface area contributed by atoms with Gasteiger partial charge in [0.1, 0.15) is 24.6 Å². The Hall–Kier alpha value is -1.89. The smallest absolute Gasteiger partial charge is 0.342 e. The van der Waals surface area contributed by atoms with Gasteiger partial charge in [-0.25, -0.2) is 4.79 Å². The maximum Gasteiger partial charge on any atom is 0.342 e. The van der Waals surface area contributed by atoms with Crippen molar-refractivity contribution in [3.05, 3.63) is 47.0 Å². The van der Waals surface area contributed by atoms with Crippen molar-refractivity contribution in [3.8, 4) is 0 Å². The van der Waals surface area contributed by atoms with Crippen LogP contribution in [0.4, 0.5) is 0 Å². The highest BCUT2D eigenvalue weighted by Gasteiger charge is 2.54. The Bertz CT molecular complexity index is 747. The quantitative estimate of drug-likeness (QED) is 0.843. The van der Waals surface area contributed by atoms with Gasteiger partial charge < -0.3 is 19.7 Å². The van der Waals surface area contributed by atoms with Crippen molar-refractivity contribution in [2.45, 2.75) is 30.8 Å². The summed E-state index contributed by atoms with van der Waals surface area (Å²) in [6.45, 7) is 0.277. The first-order valence-electron chi connectivity index (χ1n) is 7.00. The zero-order chi connectivity index (χ0) is 15.3. The minimum absolute atomic E-state index is 0.0722. The molecular formula is C16H14O5S. The summed E-state index contributed by atoms with van der Waals surface area (Å²) in [6, 6.07) is 10.0. The molecule has 2 heterocycles. The fourth-order valence-corrected chi connectivity index (χ4v) is 3.84. The number of carbonyl (C=O) groups is 1. The summed E-state index contributed by atoms with van der Waals surface area (Å²) in [5.74, 6) is -0.529. The summed E-state index contributed by atoms with van der Waals surface area (Å²) in [4.78, 5) is 12.6. The number of hydrogen-bond donors (Lipinski definition) is 2. The predicted molar refractivity (Wildman–Crippen MR) is 80.2 cm³/mol. The van der Waals surface area contributed by atoms with Gasteiger partial charge in [0.15, 0.2) is 5.60 Å². The van der Waals surface area contributed by atoms with Gasteiger partial charge in [-0.1, -0.05) is 18.2 Å². The molecule has 2 bridgehead atoms. The zero-order valence-electron chi connectivity index (χ0n) is 11.6. The third-order valence-corrected chi connectivity index (χ3v) is 5.10. The number of thiophene rings is 1. The lowest BCUT2D eigenvalue weighted by molar-refractivity contribution is -0.152. The van der Waals surface area contributed by atoms with E-state index in [9.17, 15) is 15.0 Å². The zero-order valence-corrected chi connectivity index (χ0v) is 12.4. The minimum atomic E-state index is -1.67. The van der Waals surface area contributed by atoms with Crippen molar-refractivity contribution in [2.24, 2.45) is 0 Å². The molecule has 2 aliphatic rings. The first-order chi connectivity index (χ1) is 10.5. The van der Waals surface area contributed by atoms with E-state index in [0.29, 0.717) is 0 Å². The largest absolute Gasteiger partial charge is 0.490 e. The molecule has 3 atom stereocenters. The topological polar surface area (TPSA) is 76.0 Å². The molecule has 0 radical (unpaired) electrons. The standard InChI is InChI=1S/C16H14O5S/c17-14-11(6-16(19)7-12(14)21-15(16)18)20-8-10-5-9-3-1-2-4-13(9)22-10/h1-6,12,14,17,19H,7-8H2/t12-,14-,16+/m1/s1. The Morgan fingerprint density at radius 2 is 2.23 bits per heavy atom. The van der Waals surface area contributed by atoms with Gasteiger partial charge in [-0.05, 0) is 23.6 Å². The van der Waals surface area contributed by atoms with E-state index >= 15 is 0 Å². The van der Waals surface area contributed by atoms with Crippen molar-refractivity contribution in [2.75, 3.05) is 0 Å². The lowest BCUT2D eigenvalue weighted by Crippen LogP contribution is -2.38. The van der Waals surface area contributed by atoms with E-state index in [2.05, 4.69) is 0 Å². The van der Waals surface area contributed by atoms with E-state index in [4.69, 9.17) is 9.47 Å². The van der Waals surface area contributed by atoms with Crippen LogP contribution in [0.5, 0.6) is 0 Å². The number of esters is 1. The Kier molecular flexibility index (Phi) is 3.00. The van der Waals surface area contributed by atoms with Gasteiger partial charge in [0.2, 0.25) is 0 Å². The highest BCUT2D eigenvalue weighted by molar-refractivity contribution is 7.19. The van der Waals surface area contributed by atoms with Crippen molar-refractivity contribution >= 4 is 27.4 Å². The first-order valence-corrected chi connectivity index (χ1v) is 7.81. The maximum atomic E-state index is 11.6. The number of ether oxygens (including phenoxy) is 2. The first kappa shape index (κ1) is 13.8. The van der Waals surface area contributed by atoms with Crippen LogP contribution in [0.2, 0.25) is 0 Å². The Morgan fingerprint density at radius 3 is 3.05 bits per heavy atom. The molecule has 4 rings (SSSR count). The molecule has 0 spiro atoms. The van der Waals surface area contributed by atoms with Crippen LogP contribution in [-0.4, -0.2) is 34.0 Å². The van der Waals surface area contributed by atoms with Gasteiger partial charge >= 0.3 is 5.97 Å². The molecule has 6 heteroatoms. The monoisotopic (exact) mass is 318 g/mol. The highest BCUT2D eigenvalue weighted by Crippen LogP contribution is 2.37. The fraction of sp³-hybridized carbons (Fsp3) is 0.312. The van der Waals surface area contributed by atoms with Crippen LogP contribution in [0.25, 0.3) is 10.1 Å². The predicted octanol–water partition coefficient (Wildman–Crippen LogP) is 1.72. The lowest BCUT2D eigenvalue weighted by Gasteiger charge is -2.25. The Labute approximate surface area is 130 Å². The molecule has 2 N–H and O–H groups in total. The van der Waals surface area contributed by atoms with E-state index in [1.54, 1.807) is 11.3 Å². The molecule has 0 unspecified atom stereocenters. The molecule has 1 saturated heterocycles. The number of fused-ring (bicyclic) bond motifs is 3. The number of hydrogen-bond acceptors (Lipinski definition) is 6. The molecule has 5 nitrogen and oxygen atoms in total. The van der Waals surface area contributed by atoms with Gasteiger partial charge in [-0.3, -0.25) is 0 Å². The molecule has 2 aromatic rings. The Morgan fingerprint density at radius 1 is 1.41 bits per heavy atom. The summed E-state index contributed by atoms with van der Waals surface area (Å²) in [5, 5.41) is 21.4. The molecule has 0 amide bonds. The summed E-state index contributed by atoms with van der Waals surface area (Å²) in [6.07, 6.45) is -0.416. The molecule has 1 aromatic carbocycles. The molecule has 1 fully saturated rings. The molecule has 0 saturated carbocycles. The summed E-state index contributed by atoms with van der Waals surface area (Å²) in [5.41, 5.74) is -1.67. The second-order valence-corrected chi connectivity index (χ2v) is 6.77. The van der Waals surface area contributed by atoms with Crippen LogP contribution in [0.15, 0.2) is 42.2 Å². The van der Waals surface area contributed by atoms with Gasteiger partial charge in [0.05, 0.1) is 0 Å². The SMILES string of the molecule is O=C1O[C@@H]2C[C@@]1(O)C=C(OCc1cc3ccccc3s1)[C@H]2O. The summed E-state index contributed by atoms with van der Waals surface area (Å²) < 4.78 is 11.8. The van der Waals surface area contributed by atoms with Crippen molar-refractivity contribution in [1.82, 2.24) is 0 Å². The normalized spacial score (nSPS) is 30.3. The fourth-order valence-electron chi connectivity index (χ4n) is 2.86. The number of aliphatic hydroxyl groups is 2. The molecule has 1 aliphatic carbocycles. The van der Waals surface area contributed by atoms with Gasteiger partial charge in [0, 0.05) is 16.0 Å². The third kappa shape index (κ3) is 2.11. The van der Waals surface area contributed by atoms with E-state index < -0.39 is 23.8 Å². The van der Waals surface area contributed by atoms with Crippen LogP contribution >= 0.6 is 11.3 Å². The van der Waals surface area contributed by atoms with Crippen LogP contribution in [0, 0.1) is 0 Å². The van der Waals surface area contributed by atoms with E-state index in [1.165, 1.54) is 6.08 Å². The van der Waals surface area contributed by atoms with Crippen LogP contribution < -0.4 is 0 Å². The second kappa shape index (κ2) is 4.81. The average Bonchev–Trinajstić information content (AvgIpc) is 3.02. The van der Waals surface area contributed by atoms with E-state index in [1.807, 2.05) is 30.3 Å². The van der Waals surface area contributed by atoms with Crippen molar-refractivity contribution < 1.29 is 24.5 Å². The van der Waals surface area contributed by atoms with Crippen molar-refractivity contribution in [3.63, 3.8) is 0 Å². The highest BCUT2D eigenvalue weighted by atomic mass is 32.1. The third-order valence-electron chi connectivity index (χ3n) is 4.01. The van der Waals surface area contributed by atoms with Crippen LogP contribution in [0.1, 0.15) is 11.3 Å². The van der Waals surface area contributed by atoms with E-state index in [-0.39, 0.29) is 18.8 Å². The minimum Gasteiger partial charge on any atom is -0.490 e. The lowest BCUT2D eigenvalue weighted by atomic mass is 9.89. The van der Waals surface area contributed by atoms with Crippen LogP contribution in [-0.2, 0) is 20.9 Å². The van der Waals surface area contributed by atoms with Gasteiger partial charge in [0.25, 0.3) is 0 Å². The molecule has 1 aromatic heterocycles. The molecule has 1 aliphatic heterocycles. The van der Waals surface area contributed by atoms with E-state index in [0.717, 1.165) is 15.0 Å². The number of carbonyl (C=O) groups excluding carboxylic acids is 1. The molecule has 22 heavy (non-hydrogen) atoms. The summed E-state index contributed by atoms with van der Waals surface area (Å²) >= 11 is 1.61. The van der Waals surface area contributed by atoms with Crippen molar-refractivity contribution in [1.29, 1.82) is 0 Å². The van der Waals surface area contributed by atoms with Gasteiger partial charge in [-0.15, -0.1) is 11.3 Å². The molecular weight excluding hydrogens is 304 g/mol. The number of aliphatic hydroxyl groups excluding tert-OH is 1. The maximum absolute atomic E-state index is 11.6. The van der Waals surface area contributed by atoms with Crippen LogP contribution in [0.3, 0.4) is 0 Å². The second-order valence-electron chi connectivity index (χ2n) is 5.60. The Balaban J connectivity index is 1.55. The molecule has 114 valence electrons. The van der Waals surface area contributed by atoms with Gasteiger partial charge in [-0.2, -0.15) is 0 Å². The number of rotatable bonds is 3.